The lowest BCUT2D eigenvalue weighted by Gasteiger charge is -2.13. The minimum atomic E-state index is -1.01. The SMILES string of the molecule is CNC(=O)c1c(-c2ccc(F)cc2)oc2cc(CC(=O)O)c(OC(C)C)cc12. The molecule has 146 valence electrons. The number of halogens is 1. The van der Waals surface area contributed by atoms with Gasteiger partial charge >= 0.3 is 5.97 Å². The summed E-state index contributed by atoms with van der Waals surface area (Å²) < 4.78 is 25.0. The Kier molecular flexibility index (Phi) is 5.35. The van der Waals surface area contributed by atoms with Crippen molar-refractivity contribution in [1.82, 2.24) is 5.32 Å². The normalized spacial score (nSPS) is 11.0. The molecule has 0 spiro atoms. The summed E-state index contributed by atoms with van der Waals surface area (Å²) in [5.41, 5.74) is 1.60. The van der Waals surface area contributed by atoms with Gasteiger partial charge in [-0.3, -0.25) is 9.59 Å². The molecule has 0 atom stereocenters. The van der Waals surface area contributed by atoms with E-state index < -0.39 is 11.8 Å². The molecular formula is C21H20FNO5. The number of fused-ring (bicyclic) bond motifs is 1. The van der Waals surface area contributed by atoms with E-state index in [0.29, 0.717) is 27.8 Å². The summed E-state index contributed by atoms with van der Waals surface area (Å²) in [5.74, 6) is -1.14. The third-order valence-electron chi connectivity index (χ3n) is 4.14. The van der Waals surface area contributed by atoms with E-state index in [-0.39, 0.29) is 29.8 Å². The molecule has 2 N–H and O–H groups in total. The molecule has 0 bridgehead atoms. The lowest BCUT2D eigenvalue weighted by molar-refractivity contribution is -0.136. The molecule has 1 amide bonds. The van der Waals surface area contributed by atoms with Crippen molar-refractivity contribution in [2.45, 2.75) is 26.4 Å². The number of aliphatic carboxylic acids is 1. The Morgan fingerprint density at radius 3 is 2.46 bits per heavy atom. The van der Waals surface area contributed by atoms with Crippen LogP contribution in [0.1, 0.15) is 29.8 Å². The predicted octanol–water partition coefficient (Wildman–Crippen LogP) is 4.01. The van der Waals surface area contributed by atoms with Crippen molar-refractivity contribution in [3.05, 3.63) is 53.3 Å². The van der Waals surface area contributed by atoms with Crippen LogP contribution in [0.5, 0.6) is 5.75 Å². The fourth-order valence-electron chi connectivity index (χ4n) is 2.98. The van der Waals surface area contributed by atoms with Crippen LogP contribution in [0.4, 0.5) is 4.39 Å². The highest BCUT2D eigenvalue weighted by Crippen LogP contribution is 2.37. The van der Waals surface area contributed by atoms with Gasteiger partial charge in [-0.1, -0.05) is 0 Å². The highest BCUT2D eigenvalue weighted by atomic mass is 19.1. The van der Waals surface area contributed by atoms with Gasteiger partial charge in [0.15, 0.2) is 0 Å². The molecule has 0 radical (unpaired) electrons. The van der Waals surface area contributed by atoms with Crippen molar-refractivity contribution in [2.75, 3.05) is 7.05 Å². The Hall–Kier alpha value is -3.35. The largest absolute Gasteiger partial charge is 0.491 e. The van der Waals surface area contributed by atoms with E-state index in [9.17, 15) is 19.1 Å². The quantitative estimate of drug-likeness (QED) is 0.669. The molecule has 7 heteroatoms. The Bertz CT molecular complexity index is 1040. The maximum Gasteiger partial charge on any atom is 0.307 e. The fourth-order valence-corrected chi connectivity index (χ4v) is 2.98. The Balaban J connectivity index is 2.28. The van der Waals surface area contributed by atoms with Crippen LogP contribution >= 0.6 is 0 Å². The summed E-state index contributed by atoms with van der Waals surface area (Å²) >= 11 is 0. The number of amides is 1. The first-order chi connectivity index (χ1) is 13.3. The highest BCUT2D eigenvalue weighted by molar-refractivity contribution is 6.11. The lowest BCUT2D eigenvalue weighted by Crippen LogP contribution is -2.18. The average Bonchev–Trinajstić information content (AvgIpc) is 2.99. The minimum absolute atomic E-state index is 0.183. The molecule has 1 heterocycles. The summed E-state index contributed by atoms with van der Waals surface area (Å²) in [5, 5.41) is 12.3. The van der Waals surface area contributed by atoms with Crippen molar-refractivity contribution >= 4 is 22.8 Å². The number of nitrogens with one attached hydrogen (secondary N) is 1. The standard InChI is InChI=1S/C21H20FNO5/c1-11(2)27-16-10-15-17(8-13(16)9-18(24)25)28-20(19(15)21(26)23-3)12-4-6-14(22)7-5-12/h4-8,10-11H,9H2,1-3H3,(H,23,26)(H,24,25). The van der Waals surface area contributed by atoms with E-state index in [1.54, 1.807) is 12.1 Å². The maximum absolute atomic E-state index is 13.3. The first-order valence-corrected chi connectivity index (χ1v) is 8.76. The van der Waals surface area contributed by atoms with Gasteiger partial charge in [0.1, 0.15) is 22.9 Å². The van der Waals surface area contributed by atoms with Gasteiger partial charge < -0.3 is 19.6 Å². The van der Waals surface area contributed by atoms with Gasteiger partial charge in [0.05, 0.1) is 18.1 Å². The van der Waals surface area contributed by atoms with Crippen molar-refractivity contribution in [3.8, 4) is 17.1 Å². The molecule has 0 aliphatic carbocycles. The van der Waals surface area contributed by atoms with Gasteiger partial charge in [-0.2, -0.15) is 0 Å². The molecule has 0 fully saturated rings. The lowest BCUT2D eigenvalue weighted by atomic mass is 10.0. The van der Waals surface area contributed by atoms with E-state index in [0.717, 1.165) is 0 Å². The number of furan rings is 1. The van der Waals surface area contributed by atoms with Gasteiger partial charge in [-0.05, 0) is 50.2 Å². The van der Waals surface area contributed by atoms with E-state index in [1.165, 1.54) is 31.3 Å². The number of ether oxygens (including phenoxy) is 1. The second-order valence-corrected chi connectivity index (χ2v) is 6.59. The maximum atomic E-state index is 13.3. The van der Waals surface area contributed by atoms with E-state index in [1.807, 2.05) is 13.8 Å². The molecule has 0 saturated heterocycles. The predicted molar refractivity (Wildman–Crippen MR) is 102 cm³/mol. The van der Waals surface area contributed by atoms with Crippen molar-refractivity contribution in [1.29, 1.82) is 0 Å². The summed E-state index contributed by atoms with van der Waals surface area (Å²) in [7, 11) is 1.50. The molecule has 28 heavy (non-hydrogen) atoms. The van der Waals surface area contributed by atoms with Crippen LogP contribution in [-0.4, -0.2) is 30.1 Å². The summed E-state index contributed by atoms with van der Waals surface area (Å²) in [6.45, 7) is 3.65. The monoisotopic (exact) mass is 385 g/mol. The Morgan fingerprint density at radius 1 is 1.21 bits per heavy atom. The molecule has 1 aromatic heterocycles. The van der Waals surface area contributed by atoms with Gasteiger partial charge in [0.25, 0.3) is 5.91 Å². The van der Waals surface area contributed by atoms with E-state index in [2.05, 4.69) is 5.32 Å². The number of carbonyl (C=O) groups is 2. The molecule has 2 aromatic carbocycles. The van der Waals surface area contributed by atoms with Crippen LogP contribution in [0.15, 0.2) is 40.8 Å². The number of carboxylic acid groups (broad SMARTS) is 1. The van der Waals surface area contributed by atoms with E-state index in [4.69, 9.17) is 9.15 Å². The van der Waals surface area contributed by atoms with Crippen LogP contribution in [-0.2, 0) is 11.2 Å². The van der Waals surface area contributed by atoms with E-state index >= 15 is 0 Å². The van der Waals surface area contributed by atoms with Crippen LogP contribution in [0.3, 0.4) is 0 Å². The molecule has 0 aliphatic heterocycles. The summed E-state index contributed by atoms with van der Waals surface area (Å²) in [4.78, 5) is 23.8. The first-order valence-electron chi connectivity index (χ1n) is 8.76. The van der Waals surface area contributed by atoms with Crippen molar-refractivity contribution in [3.63, 3.8) is 0 Å². The van der Waals surface area contributed by atoms with Crippen LogP contribution in [0, 0.1) is 5.82 Å². The average molecular weight is 385 g/mol. The summed E-state index contributed by atoms with van der Waals surface area (Å²) in [6, 6.07) is 8.78. The second kappa shape index (κ2) is 7.72. The fraction of sp³-hybridized carbons (Fsp3) is 0.238. The molecule has 3 rings (SSSR count). The Morgan fingerprint density at radius 2 is 1.89 bits per heavy atom. The number of rotatable bonds is 6. The number of hydrogen-bond donors (Lipinski definition) is 2. The zero-order chi connectivity index (χ0) is 20.4. The van der Waals surface area contributed by atoms with Crippen LogP contribution in [0.25, 0.3) is 22.3 Å². The third kappa shape index (κ3) is 3.83. The molecule has 6 nitrogen and oxygen atoms in total. The zero-order valence-electron chi connectivity index (χ0n) is 15.7. The van der Waals surface area contributed by atoms with Gasteiger partial charge in [-0.15, -0.1) is 0 Å². The molecule has 0 aliphatic rings. The van der Waals surface area contributed by atoms with Crippen LogP contribution < -0.4 is 10.1 Å². The van der Waals surface area contributed by atoms with Gasteiger partial charge in [0, 0.05) is 23.6 Å². The topological polar surface area (TPSA) is 88.8 Å². The molecular weight excluding hydrogens is 365 g/mol. The van der Waals surface area contributed by atoms with Crippen molar-refractivity contribution in [2.24, 2.45) is 0 Å². The zero-order valence-corrected chi connectivity index (χ0v) is 15.7. The molecule has 0 unspecified atom stereocenters. The molecule has 3 aromatic rings. The summed E-state index contributed by atoms with van der Waals surface area (Å²) in [6.07, 6.45) is -0.434. The third-order valence-corrected chi connectivity index (χ3v) is 4.14. The van der Waals surface area contributed by atoms with Gasteiger partial charge in [0.2, 0.25) is 0 Å². The smallest absolute Gasteiger partial charge is 0.307 e. The van der Waals surface area contributed by atoms with Crippen LogP contribution in [0.2, 0.25) is 0 Å². The Labute approximate surface area is 160 Å². The first kappa shape index (κ1) is 19.4. The number of carboxylic acids is 1. The highest BCUT2D eigenvalue weighted by Gasteiger charge is 2.24. The number of carbonyl (C=O) groups excluding carboxylic acids is 1. The van der Waals surface area contributed by atoms with Gasteiger partial charge in [-0.25, -0.2) is 4.39 Å². The second-order valence-electron chi connectivity index (χ2n) is 6.59. The van der Waals surface area contributed by atoms with Crippen molar-refractivity contribution < 1.29 is 28.2 Å². The minimum Gasteiger partial charge on any atom is -0.491 e. The number of benzene rings is 2. The number of hydrogen-bond acceptors (Lipinski definition) is 4. The molecule has 0 saturated carbocycles.